The quantitative estimate of drug-likeness (QED) is 0.752. The maximum absolute atomic E-state index is 12.3. The van der Waals surface area contributed by atoms with Crippen molar-refractivity contribution < 1.29 is 22.7 Å². The normalized spacial score (nSPS) is 18.9. The second-order valence-corrected chi connectivity index (χ2v) is 3.83. The summed E-state index contributed by atoms with van der Waals surface area (Å²) in [7, 11) is 0. The largest absolute Gasteiger partial charge is 0.391 e. The van der Waals surface area contributed by atoms with Gasteiger partial charge in [-0.2, -0.15) is 13.2 Å². The van der Waals surface area contributed by atoms with Crippen LogP contribution in [-0.4, -0.2) is 43.3 Å². The minimum atomic E-state index is -4.13. The van der Waals surface area contributed by atoms with E-state index in [-0.39, 0.29) is 38.4 Å². The first-order valence-electron chi connectivity index (χ1n) is 5.37. The van der Waals surface area contributed by atoms with Crippen molar-refractivity contribution in [1.82, 2.24) is 4.90 Å². The highest BCUT2D eigenvalue weighted by Crippen LogP contribution is 2.33. The van der Waals surface area contributed by atoms with E-state index in [1.54, 1.807) is 6.92 Å². The standard InChI is InChI=1S/C10H16F3NO2/c1-2-16-7-9(15)14-5-3-8(4-6-14)10(11,12)13/h8H,2-7H2,1H3. The number of hydrogen-bond donors (Lipinski definition) is 0. The molecule has 1 fully saturated rings. The van der Waals surface area contributed by atoms with Crippen molar-refractivity contribution >= 4 is 5.91 Å². The van der Waals surface area contributed by atoms with Crippen LogP contribution in [0.5, 0.6) is 0 Å². The predicted molar refractivity (Wildman–Crippen MR) is 51.9 cm³/mol. The Morgan fingerprint density at radius 2 is 1.94 bits per heavy atom. The summed E-state index contributed by atoms with van der Waals surface area (Å²) >= 11 is 0. The van der Waals surface area contributed by atoms with Crippen LogP contribution in [0.2, 0.25) is 0 Å². The number of halogens is 3. The molecule has 1 saturated heterocycles. The molecule has 0 unspecified atom stereocenters. The van der Waals surface area contributed by atoms with Gasteiger partial charge in [0.25, 0.3) is 0 Å². The lowest BCUT2D eigenvalue weighted by Gasteiger charge is -2.32. The van der Waals surface area contributed by atoms with Crippen LogP contribution in [0.1, 0.15) is 19.8 Å². The van der Waals surface area contributed by atoms with Gasteiger partial charge in [-0.05, 0) is 19.8 Å². The molecule has 16 heavy (non-hydrogen) atoms. The van der Waals surface area contributed by atoms with Gasteiger partial charge >= 0.3 is 6.18 Å². The van der Waals surface area contributed by atoms with Crippen molar-refractivity contribution in [2.75, 3.05) is 26.3 Å². The molecule has 1 aliphatic heterocycles. The molecule has 0 aromatic carbocycles. The third kappa shape index (κ3) is 3.66. The Labute approximate surface area is 92.5 Å². The molecular formula is C10H16F3NO2. The SMILES string of the molecule is CCOCC(=O)N1CCC(C(F)(F)F)CC1. The first-order valence-corrected chi connectivity index (χ1v) is 5.37. The molecular weight excluding hydrogens is 223 g/mol. The Morgan fingerprint density at radius 3 is 2.38 bits per heavy atom. The summed E-state index contributed by atoms with van der Waals surface area (Å²) in [6, 6.07) is 0. The van der Waals surface area contributed by atoms with E-state index in [0.29, 0.717) is 6.61 Å². The average Bonchev–Trinajstić information content (AvgIpc) is 2.25. The first-order chi connectivity index (χ1) is 7.45. The molecule has 1 rings (SSSR count). The van der Waals surface area contributed by atoms with E-state index in [0.717, 1.165) is 0 Å². The lowest BCUT2D eigenvalue weighted by Crippen LogP contribution is -2.43. The van der Waals surface area contributed by atoms with Crippen molar-refractivity contribution in [3.63, 3.8) is 0 Å². The lowest BCUT2D eigenvalue weighted by atomic mass is 9.96. The Kier molecular flexibility index (Phi) is 4.58. The molecule has 0 bridgehead atoms. The Balaban J connectivity index is 2.34. The van der Waals surface area contributed by atoms with Crippen molar-refractivity contribution in [2.24, 2.45) is 5.92 Å². The van der Waals surface area contributed by atoms with Crippen LogP contribution in [-0.2, 0) is 9.53 Å². The molecule has 0 aliphatic carbocycles. The highest BCUT2D eigenvalue weighted by Gasteiger charge is 2.41. The Bertz CT molecular complexity index is 235. The molecule has 0 atom stereocenters. The fourth-order valence-corrected chi connectivity index (χ4v) is 1.74. The molecule has 0 radical (unpaired) electrons. The van der Waals surface area contributed by atoms with Gasteiger partial charge in [0.2, 0.25) is 5.91 Å². The van der Waals surface area contributed by atoms with Crippen LogP contribution in [0.25, 0.3) is 0 Å². The highest BCUT2D eigenvalue weighted by molar-refractivity contribution is 5.77. The number of nitrogens with zero attached hydrogens (tertiary/aromatic N) is 1. The number of piperidine rings is 1. The monoisotopic (exact) mass is 239 g/mol. The second kappa shape index (κ2) is 5.52. The van der Waals surface area contributed by atoms with Crippen LogP contribution in [0.4, 0.5) is 13.2 Å². The molecule has 0 aromatic heterocycles. The fraction of sp³-hybridized carbons (Fsp3) is 0.900. The predicted octanol–water partition coefficient (Wildman–Crippen LogP) is 1.82. The number of carbonyl (C=O) groups excluding carboxylic acids is 1. The van der Waals surface area contributed by atoms with Gasteiger partial charge in [0, 0.05) is 19.7 Å². The van der Waals surface area contributed by atoms with Crippen LogP contribution in [0.15, 0.2) is 0 Å². The summed E-state index contributed by atoms with van der Waals surface area (Å²) in [5, 5.41) is 0. The van der Waals surface area contributed by atoms with E-state index in [1.807, 2.05) is 0 Å². The zero-order chi connectivity index (χ0) is 12.2. The molecule has 0 N–H and O–H groups in total. The van der Waals surface area contributed by atoms with Crippen LogP contribution >= 0.6 is 0 Å². The average molecular weight is 239 g/mol. The van der Waals surface area contributed by atoms with Gasteiger partial charge in [-0.3, -0.25) is 4.79 Å². The number of hydrogen-bond acceptors (Lipinski definition) is 2. The smallest absolute Gasteiger partial charge is 0.372 e. The molecule has 0 aromatic rings. The number of amides is 1. The molecule has 1 heterocycles. The van der Waals surface area contributed by atoms with Crippen molar-refractivity contribution in [2.45, 2.75) is 25.9 Å². The van der Waals surface area contributed by atoms with Gasteiger partial charge < -0.3 is 9.64 Å². The van der Waals surface area contributed by atoms with Crippen molar-refractivity contribution in [3.8, 4) is 0 Å². The van der Waals surface area contributed by atoms with E-state index in [4.69, 9.17) is 4.74 Å². The summed E-state index contributed by atoms with van der Waals surface area (Å²) in [4.78, 5) is 12.9. The molecule has 6 heteroatoms. The van der Waals surface area contributed by atoms with Crippen LogP contribution < -0.4 is 0 Å². The van der Waals surface area contributed by atoms with E-state index < -0.39 is 12.1 Å². The summed E-state index contributed by atoms with van der Waals surface area (Å²) in [6.07, 6.45) is -4.13. The van der Waals surface area contributed by atoms with Crippen molar-refractivity contribution in [1.29, 1.82) is 0 Å². The number of alkyl halides is 3. The Morgan fingerprint density at radius 1 is 1.38 bits per heavy atom. The molecule has 0 saturated carbocycles. The maximum atomic E-state index is 12.3. The minimum Gasteiger partial charge on any atom is -0.372 e. The van der Waals surface area contributed by atoms with E-state index in [1.165, 1.54) is 4.90 Å². The fourth-order valence-electron chi connectivity index (χ4n) is 1.74. The molecule has 1 aliphatic rings. The highest BCUT2D eigenvalue weighted by atomic mass is 19.4. The first kappa shape index (κ1) is 13.3. The molecule has 0 spiro atoms. The zero-order valence-electron chi connectivity index (χ0n) is 9.22. The topological polar surface area (TPSA) is 29.5 Å². The minimum absolute atomic E-state index is 0.00135. The third-order valence-electron chi connectivity index (χ3n) is 2.74. The Hall–Kier alpha value is -0.780. The van der Waals surface area contributed by atoms with Gasteiger partial charge in [-0.25, -0.2) is 0 Å². The summed E-state index contributed by atoms with van der Waals surface area (Å²) in [5.41, 5.74) is 0. The maximum Gasteiger partial charge on any atom is 0.391 e. The van der Waals surface area contributed by atoms with E-state index in [2.05, 4.69) is 0 Å². The van der Waals surface area contributed by atoms with Gasteiger partial charge in [-0.15, -0.1) is 0 Å². The lowest BCUT2D eigenvalue weighted by molar-refractivity contribution is -0.186. The van der Waals surface area contributed by atoms with E-state index >= 15 is 0 Å². The summed E-state index contributed by atoms with van der Waals surface area (Å²) < 4.78 is 42.0. The van der Waals surface area contributed by atoms with E-state index in [9.17, 15) is 18.0 Å². The second-order valence-electron chi connectivity index (χ2n) is 3.83. The third-order valence-corrected chi connectivity index (χ3v) is 2.74. The van der Waals surface area contributed by atoms with Crippen molar-refractivity contribution in [3.05, 3.63) is 0 Å². The van der Waals surface area contributed by atoms with Gasteiger partial charge in [0.1, 0.15) is 6.61 Å². The molecule has 1 amide bonds. The zero-order valence-corrected chi connectivity index (χ0v) is 9.22. The number of likely N-dealkylation sites (tertiary alicyclic amines) is 1. The van der Waals surface area contributed by atoms with Crippen LogP contribution in [0, 0.1) is 5.92 Å². The van der Waals surface area contributed by atoms with Gasteiger partial charge in [0.05, 0.1) is 5.92 Å². The number of ether oxygens (including phenoxy) is 1. The summed E-state index contributed by atoms with van der Waals surface area (Å²) in [6.45, 7) is 2.52. The summed E-state index contributed by atoms with van der Waals surface area (Å²) in [5.74, 6) is -1.48. The number of carbonyl (C=O) groups is 1. The van der Waals surface area contributed by atoms with Gasteiger partial charge in [0.15, 0.2) is 0 Å². The molecule has 3 nitrogen and oxygen atoms in total. The number of rotatable bonds is 3. The van der Waals surface area contributed by atoms with Gasteiger partial charge in [-0.1, -0.05) is 0 Å². The van der Waals surface area contributed by atoms with Crippen LogP contribution in [0.3, 0.4) is 0 Å². The molecule has 94 valence electrons.